The topological polar surface area (TPSA) is 24.7 Å². The van der Waals surface area contributed by atoms with E-state index in [1.807, 2.05) is 6.92 Å². The quantitative estimate of drug-likeness (QED) is 0.455. The lowest BCUT2D eigenvalue weighted by molar-refractivity contribution is 1.18. The summed E-state index contributed by atoms with van der Waals surface area (Å²) in [5, 5.41) is 0. The van der Waals surface area contributed by atoms with Gasteiger partial charge in [0.15, 0.2) is 12.3 Å². The van der Waals surface area contributed by atoms with E-state index < -0.39 is 0 Å². The van der Waals surface area contributed by atoms with Gasteiger partial charge in [0, 0.05) is 6.92 Å². The van der Waals surface area contributed by atoms with E-state index in [0.717, 1.165) is 18.3 Å². The lowest BCUT2D eigenvalue weighted by Crippen LogP contribution is -1.84. The molecule has 2 heteroatoms. The first-order chi connectivity index (χ1) is 3.83. The zero-order valence-electron chi connectivity index (χ0n) is 5.18. The number of rotatable bonds is 1. The zero-order chi connectivity index (χ0) is 5.98. The molecule has 0 amide bonds. The van der Waals surface area contributed by atoms with Crippen LogP contribution in [0.25, 0.3) is 0 Å². The second-order valence-corrected chi connectivity index (χ2v) is 1.78. The van der Waals surface area contributed by atoms with Crippen LogP contribution in [0.4, 0.5) is 0 Å². The summed E-state index contributed by atoms with van der Waals surface area (Å²) in [5.41, 5.74) is 0. The van der Waals surface area contributed by atoms with E-state index in [-0.39, 0.29) is 0 Å². The molecule has 0 fully saturated rings. The van der Waals surface area contributed by atoms with E-state index >= 15 is 0 Å². The van der Waals surface area contributed by atoms with E-state index in [2.05, 4.69) is 16.9 Å². The Morgan fingerprint density at radius 1 is 1.75 bits per heavy atom. The van der Waals surface area contributed by atoms with Crippen LogP contribution < -0.4 is 0 Å². The highest BCUT2D eigenvalue weighted by atomic mass is 15.0. The van der Waals surface area contributed by atoms with E-state index in [4.69, 9.17) is 0 Å². The Bertz CT molecular complexity index is 135. The molecule has 1 aliphatic heterocycles. The molecule has 0 spiro atoms. The van der Waals surface area contributed by atoms with Gasteiger partial charge in [0.1, 0.15) is 0 Å². The van der Waals surface area contributed by atoms with Crippen molar-refractivity contribution < 1.29 is 0 Å². The number of hydrogen-bond acceptors (Lipinski definition) is 2. The lowest BCUT2D eigenvalue weighted by atomic mass is 10.4. The van der Waals surface area contributed by atoms with Crippen molar-refractivity contribution >= 4 is 12.1 Å². The molecule has 0 aliphatic carbocycles. The molecule has 42 valence electrons. The predicted octanol–water partition coefficient (Wildman–Crippen LogP) is 1.43. The minimum Gasteiger partial charge on any atom is -0.121 e. The number of hydrogen-bond donors (Lipinski definition) is 0. The van der Waals surface area contributed by atoms with Gasteiger partial charge in [-0.3, -0.25) is 0 Å². The minimum absolute atomic E-state index is 0.938. The van der Waals surface area contributed by atoms with Crippen LogP contribution >= 0.6 is 0 Å². The first kappa shape index (κ1) is 5.35. The zero-order valence-corrected chi connectivity index (χ0v) is 5.18. The van der Waals surface area contributed by atoms with Crippen molar-refractivity contribution in [2.24, 2.45) is 9.98 Å². The van der Waals surface area contributed by atoms with Crippen molar-refractivity contribution in [1.82, 2.24) is 0 Å². The molecule has 2 nitrogen and oxygen atoms in total. The fourth-order valence-corrected chi connectivity index (χ4v) is 0.600. The Morgan fingerprint density at radius 2 is 2.50 bits per heavy atom. The first-order valence-corrected chi connectivity index (χ1v) is 2.78. The Hall–Kier alpha value is -0.790. The molecule has 0 saturated carbocycles. The van der Waals surface area contributed by atoms with Gasteiger partial charge in [-0.15, -0.1) is 4.99 Å². The van der Waals surface area contributed by atoms with Crippen LogP contribution in [0.5, 0.6) is 0 Å². The van der Waals surface area contributed by atoms with Crippen molar-refractivity contribution in [2.45, 2.75) is 20.3 Å². The molecule has 1 heterocycles. The van der Waals surface area contributed by atoms with E-state index in [1.165, 1.54) is 0 Å². The monoisotopic (exact) mass is 109 g/mol. The van der Waals surface area contributed by atoms with Crippen LogP contribution in [0.3, 0.4) is 0 Å². The van der Waals surface area contributed by atoms with Gasteiger partial charge in [-0.25, -0.2) is 0 Å². The third-order valence-electron chi connectivity index (χ3n) is 1.02. The van der Waals surface area contributed by atoms with E-state index in [0.29, 0.717) is 0 Å². The predicted molar refractivity (Wildman–Crippen MR) is 35.1 cm³/mol. The van der Waals surface area contributed by atoms with Gasteiger partial charge in [-0.1, -0.05) is 0 Å². The third-order valence-corrected chi connectivity index (χ3v) is 1.02. The minimum atomic E-state index is 0.938. The lowest BCUT2D eigenvalue weighted by Gasteiger charge is -1.73. The fourth-order valence-electron chi connectivity index (χ4n) is 0.600. The van der Waals surface area contributed by atoms with Crippen molar-refractivity contribution in [3.05, 3.63) is 6.04 Å². The molecule has 0 saturated heterocycles. The Kier molecular flexibility index (Phi) is 1.33. The maximum atomic E-state index is 4.12. The van der Waals surface area contributed by atoms with Gasteiger partial charge < -0.3 is 0 Å². The third kappa shape index (κ3) is 0.886. The summed E-state index contributed by atoms with van der Waals surface area (Å²) in [6, 6.07) is 1.02. The maximum absolute atomic E-state index is 4.12. The molecule has 0 radical (unpaired) electrons. The molecule has 0 aromatic heterocycles. The van der Waals surface area contributed by atoms with Crippen molar-refractivity contribution in [3.8, 4) is 0 Å². The highest BCUT2D eigenvalue weighted by Gasteiger charge is 2.15. The summed E-state index contributed by atoms with van der Waals surface area (Å²) >= 11 is 0. The SMILES string of the molecule is CCC1=N[C+](C)C=N1. The second kappa shape index (κ2) is 1.99. The largest absolute Gasteiger partial charge is 0.269 e. The van der Waals surface area contributed by atoms with E-state index in [1.54, 1.807) is 6.21 Å². The van der Waals surface area contributed by atoms with Crippen molar-refractivity contribution in [2.75, 3.05) is 0 Å². The summed E-state index contributed by atoms with van der Waals surface area (Å²) in [5.74, 6) is 0.947. The first-order valence-electron chi connectivity index (χ1n) is 2.78. The summed E-state index contributed by atoms with van der Waals surface area (Å²) in [7, 11) is 0. The average molecular weight is 109 g/mol. The van der Waals surface area contributed by atoms with Crippen LogP contribution in [-0.2, 0) is 0 Å². The Morgan fingerprint density at radius 3 is 2.75 bits per heavy atom. The molecule has 0 N–H and O–H groups in total. The van der Waals surface area contributed by atoms with Gasteiger partial charge in [0.2, 0.25) is 0 Å². The Balaban J connectivity index is 2.58. The summed E-state index contributed by atoms with van der Waals surface area (Å²) in [6.07, 6.45) is 2.73. The normalized spacial score (nSPS) is 17.2. The van der Waals surface area contributed by atoms with Gasteiger partial charge in [-0.2, -0.15) is 0 Å². The van der Waals surface area contributed by atoms with Crippen molar-refractivity contribution in [3.63, 3.8) is 0 Å². The second-order valence-electron chi connectivity index (χ2n) is 1.78. The van der Waals surface area contributed by atoms with E-state index in [9.17, 15) is 0 Å². The summed E-state index contributed by atoms with van der Waals surface area (Å²) in [4.78, 5) is 8.14. The molecule has 1 aliphatic rings. The Labute approximate surface area is 49.3 Å². The molecule has 0 atom stereocenters. The highest BCUT2D eigenvalue weighted by Crippen LogP contribution is 2.06. The average Bonchev–Trinajstić information content (AvgIpc) is 2.14. The van der Waals surface area contributed by atoms with Crippen LogP contribution in [0.1, 0.15) is 20.3 Å². The summed E-state index contributed by atoms with van der Waals surface area (Å²) in [6.45, 7) is 4.00. The van der Waals surface area contributed by atoms with Crippen molar-refractivity contribution in [1.29, 1.82) is 0 Å². The van der Waals surface area contributed by atoms with Gasteiger partial charge >= 0.3 is 0 Å². The fraction of sp³-hybridized carbons (Fsp3) is 0.500. The smallest absolute Gasteiger partial charge is 0.121 e. The van der Waals surface area contributed by atoms with Gasteiger partial charge in [-0.05, 0) is 11.9 Å². The highest BCUT2D eigenvalue weighted by molar-refractivity contribution is 5.99. The standard InChI is InChI=1S/C6H9N2/c1-3-6-7-4-5(2)8-6/h4H,3H2,1-2H3/q+1. The molecule has 1 rings (SSSR count). The van der Waals surface area contributed by atoms with Crippen LogP contribution in [0, 0.1) is 6.04 Å². The number of nitrogens with zero attached hydrogens (tertiary/aromatic N) is 2. The molecule has 0 bridgehead atoms. The molecule has 0 unspecified atom stereocenters. The van der Waals surface area contributed by atoms with Gasteiger partial charge in [0.05, 0.1) is 6.42 Å². The van der Waals surface area contributed by atoms with Crippen LogP contribution in [0.15, 0.2) is 9.98 Å². The summed E-state index contributed by atoms with van der Waals surface area (Å²) < 4.78 is 0. The molecule has 0 aromatic carbocycles. The van der Waals surface area contributed by atoms with Gasteiger partial charge in [0.25, 0.3) is 5.84 Å². The van der Waals surface area contributed by atoms with Crippen LogP contribution in [0.2, 0.25) is 0 Å². The molecular formula is C6H9N2+. The maximum Gasteiger partial charge on any atom is 0.269 e. The molecule has 8 heavy (non-hydrogen) atoms. The van der Waals surface area contributed by atoms with Crippen LogP contribution in [-0.4, -0.2) is 12.1 Å². The number of amidine groups is 1. The molecule has 0 aromatic rings. The number of aliphatic imine (C=N–C) groups is 2. The molecular weight excluding hydrogens is 100 g/mol.